The molecule has 3 amide bonds. The number of hydroxylamine groups is 2. The van der Waals surface area contributed by atoms with Gasteiger partial charge in [-0.05, 0) is 107 Å². The van der Waals surface area contributed by atoms with Gasteiger partial charge in [0.25, 0.3) is 0 Å². The summed E-state index contributed by atoms with van der Waals surface area (Å²) in [6.07, 6.45) is 3.11. The summed E-state index contributed by atoms with van der Waals surface area (Å²) in [6, 6.07) is 5.36. The third kappa shape index (κ3) is 19.0. The van der Waals surface area contributed by atoms with Crippen LogP contribution in [0.25, 0.3) is 0 Å². The Hall–Kier alpha value is -3.16. The Balaban J connectivity index is 3.24. The van der Waals surface area contributed by atoms with E-state index in [4.69, 9.17) is 23.5 Å². The number of benzene rings is 1. The van der Waals surface area contributed by atoms with E-state index < -0.39 is 26.7 Å². The van der Waals surface area contributed by atoms with Crippen molar-refractivity contribution in [3.63, 3.8) is 0 Å². The van der Waals surface area contributed by atoms with Crippen molar-refractivity contribution >= 4 is 38.6 Å². The molecule has 0 aromatic heterocycles. The Morgan fingerprint density at radius 3 is 2.00 bits per heavy atom. The van der Waals surface area contributed by atoms with Gasteiger partial charge in [0.05, 0.1) is 26.2 Å². The molecule has 0 aliphatic rings. The van der Waals surface area contributed by atoms with Crippen molar-refractivity contribution in [2.45, 2.75) is 134 Å². The first-order chi connectivity index (χ1) is 25.5. The summed E-state index contributed by atoms with van der Waals surface area (Å²) >= 11 is 0. The number of nitrogens with one attached hydrogen (secondary N) is 2. The maximum atomic E-state index is 14.1. The number of carbonyl (C=O) groups excluding carboxylic acids is 4. The van der Waals surface area contributed by atoms with Crippen molar-refractivity contribution in [3.05, 3.63) is 23.8 Å². The molecule has 1 radical (unpaired) electrons. The predicted molar refractivity (Wildman–Crippen MR) is 220 cm³/mol. The van der Waals surface area contributed by atoms with E-state index in [2.05, 4.69) is 45.3 Å². The van der Waals surface area contributed by atoms with Gasteiger partial charge in [0.15, 0.2) is 0 Å². The molecule has 1 rings (SSSR count). The van der Waals surface area contributed by atoms with Crippen molar-refractivity contribution < 1.29 is 42.7 Å². The Kier molecular flexibility index (Phi) is 21.6. The van der Waals surface area contributed by atoms with E-state index in [0.29, 0.717) is 37.5 Å². The predicted octanol–water partition coefficient (Wildman–Crippen LogP) is 8.65. The second-order valence-corrected chi connectivity index (χ2v) is 19.6. The highest BCUT2D eigenvalue weighted by atomic mass is 28.3. The number of rotatable bonds is 23. The van der Waals surface area contributed by atoms with E-state index in [-0.39, 0.29) is 65.9 Å². The number of unbranched alkanes of at least 4 members (excludes halogenated alkanes) is 1. The Labute approximate surface area is 334 Å². The fraction of sp³-hybridized carbons (Fsp3) is 0.762. The van der Waals surface area contributed by atoms with Gasteiger partial charge in [-0.2, -0.15) is 0 Å². The van der Waals surface area contributed by atoms with Gasteiger partial charge in [0.2, 0.25) is 20.9 Å². The first kappa shape index (κ1) is 49.9. The normalized spacial score (nSPS) is 14.3. The molecule has 0 aliphatic carbocycles. The molecule has 0 saturated heterocycles. The molecule has 0 aliphatic heterocycles. The molecule has 0 bridgehead atoms. The van der Waals surface area contributed by atoms with Gasteiger partial charge < -0.3 is 28.8 Å². The average Bonchev–Trinajstić information content (AvgIpc) is 3.06. The van der Waals surface area contributed by atoms with Gasteiger partial charge in [-0.3, -0.25) is 19.7 Å². The minimum Gasteiger partial charge on any atom is -0.493 e. The highest BCUT2D eigenvalue weighted by Gasteiger charge is 2.37. The zero-order valence-electron chi connectivity index (χ0n) is 36.7. The average molecular weight is 793 g/mol. The molecule has 315 valence electrons. The lowest BCUT2D eigenvalue weighted by molar-refractivity contribution is -0.171. The zero-order chi connectivity index (χ0) is 42.1. The molecule has 0 fully saturated rings. The first-order valence-corrected chi connectivity index (χ1v) is 22.3. The maximum absolute atomic E-state index is 14.1. The molecule has 4 atom stereocenters. The minimum absolute atomic E-state index is 0.0300. The summed E-state index contributed by atoms with van der Waals surface area (Å²) in [7, 11) is 1.73. The fourth-order valence-corrected chi connectivity index (χ4v) is 6.93. The van der Waals surface area contributed by atoms with Crippen LogP contribution >= 0.6 is 0 Å². The molecule has 1 aromatic carbocycles. The van der Waals surface area contributed by atoms with Crippen LogP contribution < -0.4 is 15.4 Å². The SMILES string of the molecule is COCCCCOc1ccc(NC(=O)OC(C)(C)C)cc1CNC(=O)C(CCC(C[C@H](C(=O)N(C[C@@H](C)C(=O)OC)O[Si](C)C)C(C)C)C(C)(C)C)C(C)C. The number of amides is 3. The topological polar surface area (TPSA) is 142 Å². The largest absolute Gasteiger partial charge is 0.493 e. The molecule has 0 spiro atoms. The molecule has 13 heteroatoms. The summed E-state index contributed by atoms with van der Waals surface area (Å²) in [5.74, 6) is -0.858. The molecule has 2 unspecified atom stereocenters. The van der Waals surface area contributed by atoms with E-state index in [9.17, 15) is 19.2 Å². The number of hydrogen-bond donors (Lipinski definition) is 2. The van der Waals surface area contributed by atoms with Gasteiger partial charge in [-0.15, -0.1) is 0 Å². The van der Waals surface area contributed by atoms with Gasteiger partial charge in [0, 0.05) is 43.3 Å². The number of hydrogen-bond acceptors (Lipinski definition) is 9. The van der Waals surface area contributed by atoms with E-state index in [0.717, 1.165) is 24.8 Å². The van der Waals surface area contributed by atoms with Crippen molar-refractivity contribution in [1.29, 1.82) is 0 Å². The van der Waals surface area contributed by atoms with E-state index >= 15 is 0 Å². The van der Waals surface area contributed by atoms with Crippen LogP contribution in [0.3, 0.4) is 0 Å². The molecule has 0 saturated carbocycles. The lowest BCUT2D eigenvalue weighted by Crippen LogP contribution is -2.45. The van der Waals surface area contributed by atoms with Crippen LogP contribution in [-0.4, -0.2) is 77.6 Å². The van der Waals surface area contributed by atoms with Gasteiger partial charge >= 0.3 is 12.1 Å². The molecule has 12 nitrogen and oxygen atoms in total. The summed E-state index contributed by atoms with van der Waals surface area (Å²) in [5.41, 5.74) is 0.479. The van der Waals surface area contributed by atoms with Crippen LogP contribution in [0.15, 0.2) is 18.2 Å². The van der Waals surface area contributed by atoms with Crippen LogP contribution in [0.2, 0.25) is 13.1 Å². The van der Waals surface area contributed by atoms with Crippen LogP contribution in [0, 0.1) is 40.9 Å². The Morgan fingerprint density at radius 1 is 0.855 bits per heavy atom. The standard InChI is InChI=1S/C42H74N3O9Si/c1-28(2)34(20-18-32(41(6,7)8)25-35(29(3)4)38(47)45(54-55(14)15)27-30(5)39(48)51-13)37(46)43-26-31-24-33(44-40(49)53-42(9,10)11)19-21-36(31)52-23-17-16-22-50-12/h19,21,24,28-30,32,34-35H,16-18,20,22-23,25-27H2,1-15H3,(H,43,46)(H,44,49)/t30-,32?,34?,35+/m1/s1. The van der Waals surface area contributed by atoms with E-state index in [1.807, 2.05) is 26.9 Å². The van der Waals surface area contributed by atoms with Crippen molar-refractivity contribution in [3.8, 4) is 5.75 Å². The minimum atomic E-state index is -1.29. The number of carbonyl (C=O) groups is 4. The fourth-order valence-electron chi connectivity index (χ4n) is 6.32. The number of ether oxygens (including phenoxy) is 4. The van der Waals surface area contributed by atoms with Crippen LogP contribution in [-0.2, 0) is 39.7 Å². The third-order valence-electron chi connectivity index (χ3n) is 9.59. The first-order valence-electron chi connectivity index (χ1n) is 19.9. The Morgan fingerprint density at radius 2 is 1.47 bits per heavy atom. The van der Waals surface area contributed by atoms with Crippen LogP contribution in [0.4, 0.5) is 10.5 Å². The number of anilines is 1. The summed E-state index contributed by atoms with van der Waals surface area (Å²) in [5, 5.41) is 7.35. The second kappa shape index (κ2) is 23.8. The molecule has 0 heterocycles. The highest BCUT2D eigenvalue weighted by Crippen LogP contribution is 2.39. The third-order valence-corrected chi connectivity index (χ3v) is 10.2. The summed E-state index contributed by atoms with van der Waals surface area (Å²) in [6.45, 7) is 27.3. The quantitative estimate of drug-likeness (QED) is 0.0482. The van der Waals surface area contributed by atoms with Gasteiger partial charge in [-0.1, -0.05) is 55.4 Å². The molecule has 2 N–H and O–H groups in total. The second-order valence-electron chi connectivity index (χ2n) is 17.6. The summed E-state index contributed by atoms with van der Waals surface area (Å²) in [4.78, 5) is 52.9. The molecular formula is C42H74N3O9Si. The molecule has 55 heavy (non-hydrogen) atoms. The lowest BCUT2D eigenvalue weighted by atomic mass is 9.70. The highest BCUT2D eigenvalue weighted by molar-refractivity contribution is 6.48. The number of nitrogens with zero attached hydrogens (tertiary/aromatic N) is 1. The van der Waals surface area contributed by atoms with Crippen molar-refractivity contribution in [2.24, 2.45) is 40.9 Å². The maximum Gasteiger partial charge on any atom is 0.412 e. The summed E-state index contributed by atoms with van der Waals surface area (Å²) < 4.78 is 27.7. The van der Waals surface area contributed by atoms with Crippen LogP contribution in [0.1, 0.15) is 114 Å². The van der Waals surface area contributed by atoms with E-state index in [1.165, 1.54) is 12.2 Å². The van der Waals surface area contributed by atoms with Gasteiger partial charge in [0.1, 0.15) is 11.4 Å². The number of methoxy groups -OCH3 is 2. The smallest absolute Gasteiger partial charge is 0.412 e. The number of esters is 1. The monoisotopic (exact) mass is 793 g/mol. The van der Waals surface area contributed by atoms with Crippen molar-refractivity contribution in [2.75, 3.05) is 39.3 Å². The van der Waals surface area contributed by atoms with Crippen LogP contribution in [0.5, 0.6) is 5.75 Å². The zero-order valence-corrected chi connectivity index (χ0v) is 37.7. The molecular weight excluding hydrogens is 719 g/mol. The van der Waals surface area contributed by atoms with E-state index in [1.54, 1.807) is 53.0 Å². The lowest BCUT2D eigenvalue weighted by Gasteiger charge is -2.37. The molecule has 1 aromatic rings. The Bertz CT molecular complexity index is 1340. The van der Waals surface area contributed by atoms with Gasteiger partial charge in [-0.25, -0.2) is 9.86 Å². The van der Waals surface area contributed by atoms with Crippen molar-refractivity contribution in [1.82, 2.24) is 10.4 Å².